The van der Waals surface area contributed by atoms with Gasteiger partial charge in [0.05, 0.1) is 0 Å². The third-order valence-electron chi connectivity index (χ3n) is 4.45. The molecule has 0 fully saturated rings. The van der Waals surface area contributed by atoms with E-state index in [4.69, 9.17) is 0 Å². The first-order valence-electron chi connectivity index (χ1n) is 8.79. The highest BCUT2D eigenvalue weighted by molar-refractivity contribution is 5.72. The molecule has 0 amide bonds. The van der Waals surface area contributed by atoms with E-state index in [9.17, 15) is 4.39 Å². The van der Waals surface area contributed by atoms with Crippen molar-refractivity contribution in [2.24, 2.45) is 0 Å². The van der Waals surface area contributed by atoms with Crippen LogP contribution < -0.4 is 0 Å². The molecular formula is C23H23F. The Morgan fingerprint density at radius 3 is 2.54 bits per heavy atom. The molecule has 0 spiro atoms. The number of aryl methyl sites for hydroxylation is 1. The van der Waals surface area contributed by atoms with Crippen molar-refractivity contribution in [1.29, 1.82) is 0 Å². The molecule has 1 atom stereocenters. The quantitative estimate of drug-likeness (QED) is 0.614. The van der Waals surface area contributed by atoms with Crippen LogP contribution in [-0.2, 0) is 6.42 Å². The van der Waals surface area contributed by atoms with E-state index in [1.165, 1.54) is 11.1 Å². The van der Waals surface area contributed by atoms with Gasteiger partial charge < -0.3 is 0 Å². The first-order chi connectivity index (χ1) is 11.8. The van der Waals surface area contributed by atoms with E-state index >= 15 is 0 Å². The van der Waals surface area contributed by atoms with Crippen LogP contribution in [-0.4, -0.2) is 6.17 Å². The Balaban J connectivity index is 1.84. The number of hydrogen-bond acceptors (Lipinski definition) is 0. The Morgan fingerprint density at radius 2 is 1.83 bits per heavy atom. The molecule has 0 N–H and O–H groups in total. The zero-order chi connectivity index (χ0) is 16.8. The fourth-order valence-corrected chi connectivity index (χ4v) is 3.10. The van der Waals surface area contributed by atoms with E-state index in [0.29, 0.717) is 12.8 Å². The Morgan fingerprint density at radius 1 is 1.04 bits per heavy atom. The molecule has 0 saturated carbocycles. The van der Waals surface area contributed by atoms with Crippen molar-refractivity contribution in [3.05, 3.63) is 76.9 Å². The number of halogens is 1. The molecule has 1 unspecified atom stereocenters. The van der Waals surface area contributed by atoms with Gasteiger partial charge in [0.15, 0.2) is 0 Å². The summed E-state index contributed by atoms with van der Waals surface area (Å²) in [4.78, 5) is 0. The lowest BCUT2D eigenvalue weighted by Crippen LogP contribution is -2.05. The van der Waals surface area contributed by atoms with Gasteiger partial charge in [-0.05, 0) is 60.6 Å². The molecule has 2 aromatic rings. The average Bonchev–Trinajstić information content (AvgIpc) is 2.62. The Labute approximate surface area is 144 Å². The van der Waals surface area contributed by atoms with Crippen LogP contribution in [0.4, 0.5) is 4.39 Å². The lowest BCUT2D eigenvalue weighted by molar-refractivity contribution is 0.314. The van der Waals surface area contributed by atoms with Gasteiger partial charge in [0, 0.05) is 11.1 Å². The second-order valence-electron chi connectivity index (χ2n) is 6.34. The Bertz CT molecular complexity index is 772. The van der Waals surface area contributed by atoms with Gasteiger partial charge in [-0.3, -0.25) is 0 Å². The zero-order valence-corrected chi connectivity index (χ0v) is 14.2. The number of allylic oxidation sites excluding steroid dienone is 2. The van der Waals surface area contributed by atoms with Crippen LogP contribution in [0.5, 0.6) is 0 Å². The van der Waals surface area contributed by atoms with Crippen molar-refractivity contribution in [2.75, 3.05) is 0 Å². The van der Waals surface area contributed by atoms with Crippen molar-refractivity contribution in [3.8, 4) is 11.8 Å². The van der Waals surface area contributed by atoms with E-state index in [1.807, 2.05) is 18.2 Å². The van der Waals surface area contributed by atoms with Crippen LogP contribution in [0.2, 0.25) is 0 Å². The fourth-order valence-electron chi connectivity index (χ4n) is 3.10. The second-order valence-corrected chi connectivity index (χ2v) is 6.34. The Hall–Kier alpha value is -2.33. The summed E-state index contributed by atoms with van der Waals surface area (Å²) in [6, 6.07) is 16.7. The first-order valence-corrected chi connectivity index (χ1v) is 8.79. The summed E-state index contributed by atoms with van der Waals surface area (Å²) in [5.74, 6) is 6.57. The van der Waals surface area contributed by atoms with Crippen molar-refractivity contribution in [2.45, 2.75) is 45.2 Å². The number of benzene rings is 2. The summed E-state index contributed by atoms with van der Waals surface area (Å²) in [7, 11) is 0. The number of hydrogen-bond donors (Lipinski definition) is 0. The predicted molar refractivity (Wildman–Crippen MR) is 99.6 cm³/mol. The maximum atomic E-state index is 13.4. The highest BCUT2D eigenvalue weighted by atomic mass is 19.1. The molecule has 0 radical (unpaired) electrons. The summed E-state index contributed by atoms with van der Waals surface area (Å²) in [6.45, 7) is 2.19. The summed E-state index contributed by atoms with van der Waals surface area (Å²) >= 11 is 0. The van der Waals surface area contributed by atoms with Crippen LogP contribution in [0, 0.1) is 11.8 Å². The molecule has 1 aliphatic carbocycles. The second kappa shape index (κ2) is 7.97. The van der Waals surface area contributed by atoms with E-state index in [0.717, 1.165) is 36.0 Å². The molecule has 0 saturated heterocycles. The normalized spacial score (nSPS) is 16.9. The molecule has 0 aliphatic heterocycles. The van der Waals surface area contributed by atoms with Crippen molar-refractivity contribution >= 4 is 5.57 Å². The van der Waals surface area contributed by atoms with Gasteiger partial charge in [-0.2, -0.15) is 0 Å². The minimum absolute atomic E-state index is 0.524. The standard InChI is InChI=1S/C23H23F/c1-2-5-18-8-10-19(11-9-18)12-13-20-6-3-4-7-23(20)21-14-16-22(24)17-15-21/h3-4,6-11,14,22H,2,5,15-17H2,1H3. The van der Waals surface area contributed by atoms with Crippen LogP contribution in [0.25, 0.3) is 5.57 Å². The van der Waals surface area contributed by atoms with Gasteiger partial charge >= 0.3 is 0 Å². The molecule has 24 heavy (non-hydrogen) atoms. The summed E-state index contributed by atoms with van der Waals surface area (Å²) in [5, 5.41) is 0. The summed E-state index contributed by atoms with van der Waals surface area (Å²) in [6.07, 6.45) is 5.56. The van der Waals surface area contributed by atoms with Crippen molar-refractivity contribution in [1.82, 2.24) is 0 Å². The molecule has 1 heteroatoms. The maximum absolute atomic E-state index is 13.4. The van der Waals surface area contributed by atoms with E-state index < -0.39 is 6.17 Å². The molecule has 1 aliphatic rings. The summed E-state index contributed by atoms with van der Waals surface area (Å²) < 4.78 is 13.4. The minimum Gasteiger partial charge on any atom is -0.247 e. The molecule has 0 bridgehead atoms. The van der Waals surface area contributed by atoms with E-state index in [-0.39, 0.29) is 0 Å². The van der Waals surface area contributed by atoms with Crippen LogP contribution >= 0.6 is 0 Å². The summed E-state index contributed by atoms with van der Waals surface area (Å²) in [5.41, 5.74) is 5.80. The van der Waals surface area contributed by atoms with Crippen LogP contribution in [0.1, 0.15) is 54.9 Å². The van der Waals surface area contributed by atoms with Gasteiger partial charge in [-0.25, -0.2) is 4.39 Å². The van der Waals surface area contributed by atoms with Crippen LogP contribution in [0.15, 0.2) is 54.6 Å². The molecule has 0 nitrogen and oxygen atoms in total. The van der Waals surface area contributed by atoms with Gasteiger partial charge in [-0.15, -0.1) is 0 Å². The zero-order valence-electron chi connectivity index (χ0n) is 14.2. The van der Waals surface area contributed by atoms with E-state index in [1.54, 1.807) is 0 Å². The SMILES string of the molecule is CCCc1ccc(C#Cc2ccccc2C2=CCC(F)CC2)cc1. The lowest BCUT2D eigenvalue weighted by atomic mass is 9.90. The average molecular weight is 318 g/mol. The molecule has 3 rings (SSSR count). The molecule has 2 aromatic carbocycles. The maximum Gasteiger partial charge on any atom is 0.104 e. The molecule has 122 valence electrons. The molecule has 0 heterocycles. The highest BCUT2D eigenvalue weighted by Gasteiger charge is 2.15. The Kier molecular flexibility index (Phi) is 5.49. The van der Waals surface area contributed by atoms with Crippen molar-refractivity contribution in [3.63, 3.8) is 0 Å². The van der Waals surface area contributed by atoms with Crippen molar-refractivity contribution < 1.29 is 4.39 Å². The van der Waals surface area contributed by atoms with Gasteiger partial charge in [0.2, 0.25) is 0 Å². The third-order valence-corrected chi connectivity index (χ3v) is 4.45. The minimum atomic E-state index is -0.686. The first kappa shape index (κ1) is 16.5. The highest BCUT2D eigenvalue weighted by Crippen LogP contribution is 2.30. The number of alkyl halides is 1. The molecular weight excluding hydrogens is 295 g/mol. The van der Waals surface area contributed by atoms with Gasteiger partial charge in [0.1, 0.15) is 6.17 Å². The predicted octanol–water partition coefficient (Wildman–Crippen LogP) is 5.94. The monoisotopic (exact) mass is 318 g/mol. The van der Waals surface area contributed by atoms with E-state index in [2.05, 4.69) is 55.2 Å². The van der Waals surface area contributed by atoms with Crippen LogP contribution in [0.3, 0.4) is 0 Å². The van der Waals surface area contributed by atoms with Gasteiger partial charge in [-0.1, -0.05) is 61.6 Å². The molecule has 0 aromatic heterocycles. The fraction of sp³-hybridized carbons (Fsp3) is 0.304. The smallest absolute Gasteiger partial charge is 0.104 e. The largest absolute Gasteiger partial charge is 0.247 e. The number of rotatable bonds is 3. The lowest BCUT2D eigenvalue weighted by Gasteiger charge is -2.17. The topological polar surface area (TPSA) is 0 Å². The van der Waals surface area contributed by atoms with Gasteiger partial charge in [0.25, 0.3) is 0 Å². The third kappa shape index (κ3) is 4.15.